The highest BCUT2D eigenvalue weighted by Gasteiger charge is 2.24. The molecule has 9 heteroatoms. The van der Waals surface area contributed by atoms with Crippen molar-refractivity contribution in [1.82, 2.24) is 9.62 Å². The fraction of sp³-hybridized carbons (Fsp3) is 0.444. The molecular weight excluding hydrogens is 372 g/mol. The highest BCUT2D eigenvalue weighted by Crippen LogP contribution is 2.16. The lowest BCUT2D eigenvalue weighted by Gasteiger charge is -2.31. The molecule has 0 spiro atoms. The first-order valence-corrected chi connectivity index (χ1v) is 9.04. The van der Waals surface area contributed by atoms with E-state index in [0.29, 0.717) is 37.1 Å². The smallest absolute Gasteiger partial charge is 0.329 e. The number of ketones is 1. The number of ether oxygens (including phenoxy) is 1. The molecule has 27 heavy (non-hydrogen) atoms. The molecule has 146 valence electrons. The minimum atomic E-state index is -1.01. The Kier molecular flexibility index (Phi) is 7.81. The Morgan fingerprint density at radius 2 is 1.67 bits per heavy atom. The third kappa shape index (κ3) is 6.37. The van der Waals surface area contributed by atoms with E-state index in [1.54, 1.807) is 17.0 Å². The second-order valence-electron chi connectivity index (χ2n) is 6.23. The van der Waals surface area contributed by atoms with Crippen LogP contribution in [0.3, 0.4) is 0 Å². The van der Waals surface area contributed by atoms with Gasteiger partial charge in [-0.25, -0.2) is 4.79 Å². The number of aliphatic carboxylic acids is 1. The lowest BCUT2D eigenvalue weighted by molar-refractivity contribution is -0.146. The van der Waals surface area contributed by atoms with Crippen molar-refractivity contribution in [2.24, 2.45) is 0 Å². The summed E-state index contributed by atoms with van der Waals surface area (Å²) < 4.78 is 7.44. The number of piperidine rings is 1. The molecule has 1 heterocycles. The zero-order chi connectivity index (χ0) is 19.8. The van der Waals surface area contributed by atoms with Crippen LogP contribution in [0.1, 0.15) is 46.4 Å². The molecule has 0 aliphatic carbocycles. The summed E-state index contributed by atoms with van der Waals surface area (Å²) in [4.78, 5) is 48.1. The van der Waals surface area contributed by atoms with Gasteiger partial charge < -0.3 is 14.7 Å². The first-order valence-electron chi connectivity index (χ1n) is 8.59. The molecular formula is C18H22N2O6S. The number of nitrogens with zero attached hydrogens (tertiary/aromatic N) is 1. The van der Waals surface area contributed by atoms with Crippen molar-refractivity contribution in [3.05, 3.63) is 35.4 Å². The molecule has 0 aromatic heterocycles. The average Bonchev–Trinajstić information content (AvgIpc) is 2.70. The highest BCUT2D eigenvalue weighted by molar-refractivity contribution is 7.78. The Morgan fingerprint density at radius 1 is 1.07 bits per heavy atom. The number of nitrogens with one attached hydrogen (secondary N) is 1. The van der Waals surface area contributed by atoms with E-state index < -0.39 is 5.97 Å². The van der Waals surface area contributed by atoms with Crippen LogP contribution < -0.4 is 4.72 Å². The maximum Gasteiger partial charge on any atom is 0.329 e. The van der Waals surface area contributed by atoms with E-state index in [1.165, 1.54) is 12.1 Å². The topological polar surface area (TPSA) is 113 Å². The quantitative estimate of drug-likeness (QED) is 0.453. The lowest BCUT2D eigenvalue weighted by Crippen LogP contribution is -2.41. The van der Waals surface area contributed by atoms with Gasteiger partial charge in [0.25, 0.3) is 5.91 Å². The molecule has 1 aromatic carbocycles. The predicted octanol–water partition coefficient (Wildman–Crippen LogP) is 1.32. The number of amides is 2. The largest absolute Gasteiger partial charge is 0.480 e. The fourth-order valence-electron chi connectivity index (χ4n) is 2.86. The highest BCUT2D eigenvalue weighted by atomic mass is 32.1. The van der Waals surface area contributed by atoms with Crippen LogP contribution in [0, 0.1) is 0 Å². The molecule has 1 saturated heterocycles. The van der Waals surface area contributed by atoms with Gasteiger partial charge >= 0.3 is 5.97 Å². The van der Waals surface area contributed by atoms with Crippen LogP contribution >= 0.6 is 12.8 Å². The van der Waals surface area contributed by atoms with E-state index in [-0.39, 0.29) is 43.2 Å². The Bertz CT molecular complexity index is 698. The number of hydrogen-bond donors (Lipinski definition) is 3. The summed E-state index contributed by atoms with van der Waals surface area (Å²) in [5, 5.41) is 8.61. The van der Waals surface area contributed by atoms with Crippen LogP contribution in [0.25, 0.3) is 0 Å². The third-order valence-electron chi connectivity index (χ3n) is 4.37. The van der Waals surface area contributed by atoms with E-state index in [9.17, 15) is 19.2 Å². The second kappa shape index (κ2) is 10.1. The Hall–Kier alpha value is -2.39. The molecule has 0 unspecified atom stereocenters. The van der Waals surface area contributed by atoms with Crippen LogP contribution in [0.15, 0.2) is 24.3 Å². The number of Topliss-reactive ketones (excluding diaryl/α,β-unsaturated/α-hetero) is 1. The zero-order valence-electron chi connectivity index (χ0n) is 14.7. The van der Waals surface area contributed by atoms with E-state index in [4.69, 9.17) is 9.84 Å². The van der Waals surface area contributed by atoms with Gasteiger partial charge in [-0.05, 0) is 25.0 Å². The number of carbonyl (C=O) groups is 4. The van der Waals surface area contributed by atoms with Crippen molar-refractivity contribution in [2.75, 3.05) is 19.7 Å². The standard InChI is InChI=1S/C18H22N2O6S/c21-15(12-1-3-13(4-2-12)18(25)19-27)5-6-16(22)20-9-7-14(8-10-20)26-11-17(23)24/h1-4,14,27H,5-11H2,(H,19,25)(H,23,24). The molecule has 1 fully saturated rings. The SMILES string of the molecule is O=C(O)COC1CCN(C(=O)CCC(=O)c2ccc(C(=O)NS)cc2)CC1. The van der Waals surface area contributed by atoms with Gasteiger partial charge in [0.05, 0.1) is 6.10 Å². The van der Waals surface area contributed by atoms with Gasteiger partial charge in [0.2, 0.25) is 5.91 Å². The maximum atomic E-state index is 12.3. The molecule has 0 bridgehead atoms. The van der Waals surface area contributed by atoms with E-state index in [0.717, 1.165) is 0 Å². The van der Waals surface area contributed by atoms with Gasteiger partial charge in [0.15, 0.2) is 5.78 Å². The summed E-state index contributed by atoms with van der Waals surface area (Å²) in [5.41, 5.74) is 0.838. The number of carboxylic acids is 1. The minimum Gasteiger partial charge on any atom is -0.480 e. The normalized spacial score (nSPS) is 14.6. The first-order chi connectivity index (χ1) is 12.9. The zero-order valence-corrected chi connectivity index (χ0v) is 15.6. The van der Waals surface area contributed by atoms with Crippen molar-refractivity contribution in [3.63, 3.8) is 0 Å². The average molecular weight is 394 g/mol. The van der Waals surface area contributed by atoms with Gasteiger partial charge in [-0.3, -0.25) is 19.1 Å². The first kappa shape index (κ1) is 20.9. The maximum absolute atomic E-state index is 12.3. The molecule has 1 aliphatic heterocycles. The molecule has 0 radical (unpaired) electrons. The minimum absolute atomic E-state index is 0.0897. The number of hydrogen-bond acceptors (Lipinski definition) is 6. The third-order valence-corrected chi connectivity index (χ3v) is 4.58. The van der Waals surface area contributed by atoms with Crippen molar-refractivity contribution < 1.29 is 29.0 Å². The van der Waals surface area contributed by atoms with Crippen molar-refractivity contribution in [3.8, 4) is 0 Å². The van der Waals surface area contributed by atoms with E-state index >= 15 is 0 Å². The van der Waals surface area contributed by atoms with Crippen LogP contribution in [0.2, 0.25) is 0 Å². The summed E-state index contributed by atoms with van der Waals surface area (Å²) in [7, 11) is 0. The van der Waals surface area contributed by atoms with Crippen molar-refractivity contribution >= 4 is 36.4 Å². The van der Waals surface area contributed by atoms with Crippen LogP contribution in [-0.4, -0.2) is 59.4 Å². The van der Waals surface area contributed by atoms with E-state index in [1.807, 2.05) is 0 Å². The number of thiol groups is 1. The lowest BCUT2D eigenvalue weighted by atomic mass is 10.0. The Morgan fingerprint density at radius 3 is 2.22 bits per heavy atom. The van der Waals surface area contributed by atoms with Crippen molar-refractivity contribution in [2.45, 2.75) is 31.8 Å². The van der Waals surface area contributed by atoms with Gasteiger partial charge in [-0.15, -0.1) is 0 Å². The molecule has 0 saturated carbocycles. The molecule has 1 aromatic rings. The molecule has 2 N–H and O–H groups in total. The molecule has 2 rings (SSSR count). The summed E-state index contributed by atoms with van der Waals surface area (Å²) in [5.74, 6) is -1.64. The van der Waals surface area contributed by atoms with Gasteiger partial charge in [-0.1, -0.05) is 24.9 Å². The molecule has 2 amide bonds. The monoisotopic (exact) mass is 394 g/mol. The number of rotatable bonds is 8. The van der Waals surface area contributed by atoms with Gasteiger partial charge in [0.1, 0.15) is 6.61 Å². The van der Waals surface area contributed by atoms with Crippen LogP contribution in [0.5, 0.6) is 0 Å². The number of carbonyl (C=O) groups excluding carboxylic acids is 3. The number of carboxylic acid groups (broad SMARTS) is 1. The Labute approximate surface area is 162 Å². The number of likely N-dealkylation sites (tertiary alicyclic amines) is 1. The van der Waals surface area contributed by atoms with Crippen LogP contribution in [0.4, 0.5) is 0 Å². The summed E-state index contributed by atoms with van der Waals surface area (Å²) in [6.07, 6.45) is 1.22. The molecule has 0 atom stereocenters. The molecule has 1 aliphatic rings. The van der Waals surface area contributed by atoms with E-state index in [2.05, 4.69) is 17.5 Å². The summed E-state index contributed by atoms with van der Waals surface area (Å²) >= 11 is 3.68. The second-order valence-corrected chi connectivity index (χ2v) is 6.45. The van der Waals surface area contributed by atoms with Crippen LogP contribution in [-0.2, 0) is 14.3 Å². The van der Waals surface area contributed by atoms with Crippen molar-refractivity contribution in [1.29, 1.82) is 0 Å². The fourth-order valence-corrected chi connectivity index (χ4v) is 2.99. The Balaban J connectivity index is 1.76. The van der Waals surface area contributed by atoms with Gasteiger partial charge in [-0.2, -0.15) is 0 Å². The molecule has 8 nitrogen and oxygen atoms in total. The summed E-state index contributed by atoms with van der Waals surface area (Å²) in [6, 6.07) is 6.16. The number of benzene rings is 1. The predicted molar refractivity (Wildman–Crippen MR) is 99.6 cm³/mol. The summed E-state index contributed by atoms with van der Waals surface area (Å²) in [6.45, 7) is 0.650. The van der Waals surface area contributed by atoms with Gasteiger partial charge in [0, 0.05) is 37.1 Å².